The number of methoxy groups -OCH3 is 2. The van der Waals surface area contributed by atoms with Crippen molar-refractivity contribution in [2.45, 2.75) is 49.1 Å². The van der Waals surface area contributed by atoms with Gasteiger partial charge in [0, 0.05) is 6.04 Å². The van der Waals surface area contributed by atoms with E-state index in [1.54, 1.807) is 0 Å². The minimum Gasteiger partial charge on any atom is -0.496 e. The lowest BCUT2D eigenvalue weighted by molar-refractivity contribution is -0.141. The molecule has 1 saturated heterocycles. The van der Waals surface area contributed by atoms with Gasteiger partial charge >= 0.3 is 11.9 Å². The summed E-state index contributed by atoms with van der Waals surface area (Å²) in [5.41, 5.74) is -0.0210. The van der Waals surface area contributed by atoms with Crippen LogP contribution in [0.1, 0.15) is 42.5 Å². The fraction of sp³-hybridized carbons (Fsp3) is 0.556. The lowest BCUT2D eigenvalue weighted by atomic mass is 9.85. The SMILES string of the molecule is COC(=O)c1cc(S(=O)(=O)N2C(C(=O)O)CC3CCCCC32)ccc1OC. The maximum Gasteiger partial charge on any atom is 0.341 e. The first kappa shape index (κ1) is 19.6. The van der Waals surface area contributed by atoms with Gasteiger partial charge in [-0.3, -0.25) is 4.79 Å². The van der Waals surface area contributed by atoms with Gasteiger partial charge in [-0.2, -0.15) is 4.31 Å². The van der Waals surface area contributed by atoms with Gasteiger partial charge < -0.3 is 14.6 Å². The van der Waals surface area contributed by atoms with Crippen LogP contribution in [0.15, 0.2) is 23.1 Å². The van der Waals surface area contributed by atoms with Gasteiger partial charge in [-0.05, 0) is 43.4 Å². The second kappa shape index (κ2) is 7.47. The van der Waals surface area contributed by atoms with Gasteiger partial charge in [0.05, 0.1) is 19.1 Å². The van der Waals surface area contributed by atoms with Gasteiger partial charge in [0.25, 0.3) is 0 Å². The maximum absolute atomic E-state index is 13.3. The van der Waals surface area contributed by atoms with E-state index in [2.05, 4.69) is 0 Å². The van der Waals surface area contributed by atoms with E-state index in [0.717, 1.165) is 23.6 Å². The van der Waals surface area contributed by atoms with Crippen LogP contribution in [0.5, 0.6) is 5.75 Å². The summed E-state index contributed by atoms with van der Waals surface area (Å²) in [7, 11) is -1.55. The van der Waals surface area contributed by atoms with Crippen molar-refractivity contribution in [2.75, 3.05) is 14.2 Å². The van der Waals surface area contributed by atoms with Crippen LogP contribution >= 0.6 is 0 Å². The smallest absolute Gasteiger partial charge is 0.341 e. The zero-order chi connectivity index (χ0) is 19.8. The predicted molar refractivity (Wildman–Crippen MR) is 95.1 cm³/mol. The first-order valence-electron chi connectivity index (χ1n) is 8.84. The number of sulfonamides is 1. The molecule has 1 heterocycles. The van der Waals surface area contributed by atoms with Crippen LogP contribution in [0.4, 0.5) is 0 Å². The first-order chi connectivity index (χ1) is 12.8. The Hall–Kier alpha value is -2.13. The molecule has 27 heavy (non-hydrogen) atoms. The normalized spacial score (nSPS) is 25.6. The highest BCUT2D eigenvalue weighted by molar-refractivity contribution is 7.89. The van der Waals surface area contributed by atoms with Crippen LogP contribution in [-0.2, 0) is 19.6 Å². The third-order valence-corrected chi connectivity index (χ3v) is 7.40. The molecule has 2 fully saturated rings. The molecule has 1 aliphatic heterocycles. The minimum absolute atomic E-state index is 0.0210. The number of aliphatic carboxylic acids is 1. The summed E-state index contributed by atoms with van der Waals surface area (Å²) in [6.07, 6.45) is 3.65. The number of hydrogen-bond acceptors (Lipinski definition) is 6. The summed E-state index contributed by atoms with van der Waals surface area (Å²) in [5, 5.41) is 9.60. The molecule has 1 aromatic carbocycles. The average molecular weight is 397 g/mol. The molecule has 0 bridgehead atoms. The molecule has 3 atom stereocenters. The van der Waals surface area contributed by atoms with Crippen molar-refractivity contribution >= 4 is 22.0 Å². The monoisotopic (exact) mass is 397 g/mol. The fourth-order valence-corrected chi connectivity index (χ4v) is 6.11. The third kappa shape index (κ3) is 3.41. The highest BCUT2D eigenvalue weighted by Gasteiger charge is 2.51. The molecule has 1 aromatic rings. The number of carbonyl (C=O) groups excluding carboxylic acids is 1. The largest absolute Gasteiger partial charge is 0.496 e. The Morgan fingerprint density at radius 2 is 1.89 bits per heavy atom. The molecule has 2 aliphatic rings. The Kier molecular flexibility index (Phi) is 5.43. The standard InChI is InChI=1S/C18H23NO7S/c1-25-16-8-7-12(10-13(16)18(22)26-2)27(23,24)19-14-6-4-3-5-11(14)9-15(19)17(20)21/h7-8,10-11,14-15H,3-6,9H2,1-2H3,(H,20,21). The molecule has 0 amide bonds. The quantitative estimate of drug-likeness (QED) is 0.756. The molecular weight excluding hydrogens is 374 g/mol. The third-order valence-electron chi connectivity index (χ3n) is 5.47. The highest BCUT2D eigenvalue weighted by Crippen LogP contribution is 2.43. The van der Waals surface area contributed by atoms with Gasteiger partial charge in [-0.25, -0.2) is 13.2 Å². The summed E-state index contributed by atoms with van der Waals surface area (Å²) in [6, 6.07) is 2.48. The molecule has 0 radical (unpaired) electrons. The van der Waals surface area contributed by atoms with Crippen LogP contribution in [0.25, 0.3) is 0 Å². The molecule has 1 N–H and O–H groups in total. The fourth-order valence-electron chi connectivity index (χ4n) is 4.21. The summed E-state index contributed by atoms with van der Waals surface area (Å²) >= 11 is 0. The van der Waals surface area contributed by atoms with Crippen molar-refractivity contribution in [1.82, 2.24) is 4.31 Å². The number of carbonyl (C=O) groups is 2. The first-order valence-corrected chi connectivity index (χ1v) is 10.3. The highest BCUT2D eigenvalue weighted by atomic mass is 32.2. The van der Waals surface area contributed by atoms with E-state index in [9.17, 15) is 23.1 Å². The van der Waals surface area contributed by atoms with Crippen molar-refractivity contribution in [2.24, 2.45) is 5.92 Å². The molecule has 9 heteroatoms. The van der Waals surface area contributed by atoms with Crippen molar-refractivity contribution in [1.29, 1.82) is 0 Å². The number of esters is 1. The van der Waals surface area contributed by atoms with E-state index in [1.807, 2.05) is 0 Å². The van der Waals surface area contributed by atoms with Gasteiger partial charge in [0.15, 0.2) is 0 Å². The van der Waals surface area contributed by atoms with Crippen molar-refractivity contribution in [3.8, 4) is 5.75 Å². The molecule has 3 rings (SSSR count). The van der Waals surface area contributed by atoms with Crippen molar-refractivity contribution in [3.63, 3.8) is 0 Å². The Labute approximate surface area is 158 Å². The van der Waals surface area contributed by atoms with E-state index in [-0.39, 0.29) is 28.2 Å². The number of ether oxygens (including phenoxy) is 2. The Balaban J connectivity index is 2.06. The Bertz CT molecular complexity index is 851. The van der Waals surface area contributed by atoms with Crippen LogP contribution in [0.3, 0.4) is 0 Å². The van der Waals surface area contributed by atoms with Crippen molar-refractivity contribution in [3.05, 3.63) is 23.8 Å². The van der Waals surface area contributed by atoms with E-state index >= 15 is 0 Å². The van der Waals surface area contributed by atoms with Crippen LogP contribution in [0, 0.1) is 5.92 Å². The second-order valence-electron chi connectivity index (χ2n) is 6.89. The van der Waals surface area contributed by atoms with Gasteiger partial charge in [-0.1, -0.05) is 12.8 Å². The second-order valence-corrected chi connectivity index (χ2v) is 8.73. The van der Waals surface area contributed by atoms with E-state index in [4.69, 9.17) is 9.47 Å². The van der Waals surface area contributed by atoms with E-state index < -0.39 is 28.0 Å². The number of carboxylic acids is 1. The number of hydrogen-bond donors (Lipinski definition) is 1. The molecule has 3 unspecified atom stereocenters. The number of fused-ring (bicyclic) bond motifs is 1. The summed E-state index contributed by atoms with van der Waals surface area (Å²) in [5.74, 6) is -1.63. The molecule has 8 nitrogen and oxygen atoms in total. The molecular formula is C18H23NO7S. The zero-order valence-corrected chi connectivity index (χ0v) is 16.1. The van der Waals surface area contributed by atoms with Crippen LogP contribution in [-0.4, -0.2) is 56.1 Å². The summed E-state index contributed by atoms with van der Waals surface area (Å²) in [4.78, 5) is 23.6. The van der Waals surface area contributed by atoms with Crippen molar-refractivity contribution < 1.29 is 32.6 Å². The lowest BCUT2D eigenvalue weighted by Crippen LogP contribution is -2.46. The van der Waals surface area contributed by atoms with Crippen LogP contribution < -0.4 is 4.74 Å². The lowest BCUT2D eigenvalue weighted by Gasteiger charge is -2.32. The maximum atomic E-state index is 13.3. The van der Waals surface area contributed by atoms with E-state index in [1.165, 1.54) is 32.4 Å². The predicted octanol–water partition coefficient (Wildman–Crippen LogP) is 1.89. The number of nitrogens with zero attached hydrogens (tertiary/aromatic N) is 1. The molecule has 0 spiro atoms. The van der Waals surface area contributed by atoms with Gasteiger partial charge in [-0.15, -0.1) is 0 Å². The topological polar surface area (TPSA) is 110 Å². The Morgan fingerprint density at radius 1 is 1.19 bits per heavy atom. The van der Waals surface area contributed by atoms with Gasteiger partial charge in [0.1, 0.15) is 17.4 Å². The van der Waals surface area contributed by atoms with E-state index in [0.29, 0.717) is 12.8 Å². The molecule has 0 aromatic heterocycles. The molecule has 148 valence electrons. The zero-order valence-electron chi connectivity index (χ0n) is 15.3. The summed E-state index contributed by atoms with van der Waals surface area (Å²) in [6.45, 7) is 0. The number of carboxylic acid groups (broad SMARTS) is 1. The number of benzene rings is 1. The number of rotatable bonds is 5. The van der Waals surface area contributed by atoms with Crippen LogP contribution in [0.2, 0.25) is 0 Å². The molecule has 1 saturated carbocycles. The Morgan fingerprint density at radius 3 is 2.52 bits per heavy atom. The average Bonchev–Trinajstić information content (AvgIpc) is 3.07. The van der Waals surface area contributed by atoms with Gasteiger partial charge in [0.2, 0.25) is 10.0 Å². The molecule has 1 aliphatic carbocycles. The minimum atomic E-state index is -4.10. The summed E-state index contributed by atoms with van der Waals surface area (Å²) < 4.78 is 37.6.